The highest BCUT2D eigenvalue weighted by molar-refractivity contribution is 7.09. The van der Waals surface area contributed by atoms with Crippen LogP contribution < -0.4 is 11.3 Å². The number of hydrogen-bond acceptors (Lipinski definition) is 10. The van der Waals surface area contributed by atoms with Crippen molar-refractivity contribution in [2.24, 2.45) is 5.84 Å². The Morgan fingerprint density at radius 1 is 0.867 bits per heavy atom. The van der Waals surface area contributed by atoms with Crippen molar-refractivity contribution in [3.8, 4) is 20.9 Å². The molecule has 2 heterocycles. The highest BCUT2D eigenvalue weighted by Gasteiger charge is 2.16. The van der Waals surface area contributed by atoms with Crippen LogP contribution in [0.4, 0.5) is 0 Å². The second-order valence-corrected chi connectivity index (χ2v) is 6.94. The number of aromatic nitrogens is 4. The molecule has 0 aliphatic heterocycles. The van der Waals surface area contributed by atoms with Gasteiger partial charge in [0.1, 0.15) is 0 Å². The molecule has 1 amide bonds. The van der Waals surface area contributed by atoms with Gasteiger partial charge in [-0.05, 0) is 41.1 Å². The molecular formula is C19H16N6O3S2. The predicted molar refractivity (Wildman–Crippen MR) is 112 cm³/mol. The van der Waals surface area contributed by atoms with Crippen molar-refractivity contribution < 1.29 is 14.4 Å². The summed E-state index contributed by atoms with van der Waals surface area (Å²) < 4.78 is 7.63. The summed E-state index contributed by atoms with van der Waals surface area (Å²) in [6.45, 7) is 1.98. The van der Waals surface area contributed by atoms with Gasteiger partial charge in [-0.25, -0.2) is 5.84 Å². The zero-order chi connectivity index (χ0) is 21.8. The van der Waals surface area contributed by atoms with Gasteiger partial charge in [-0.15, -0.1) is 10.2 Å². The number of amides is 1. The van der Waals surface area contributed by atoms with E-state index in [-0.39, 0.29) is 11.8 Å². The Labute approximate surface area is 179 Å². The standard InChI is InChI=1S/C9H8N4OS.C9H8N2S.CO2/c10-11-9(14)7-8(15-13-12-7)6-4-2-1-3-5-6;1-7-9(12-11-10-7)8-5-3-2-4-6-8;2-1-3/h1-5H,10H2,(H,11,14);2-6H,1H3;. The summed E-state index contributed by atoms with van der Waals surface area (Å²) in [4.78, 5) is 29.5. The van der Waals surface area contributed by atoms with Gasteiger partial charge in [-0.3, -0.25) is 10.2 Å². The summed E-state index contributed by atoms with van der Waals surface area (Å²) in [6.07, 6.45) is 0.250. The van der Waals surface area contributed by atoms with Crippen LogP contribution in [0.25, 0.3) is 20.9 Å². The van der Waals surface area contributed by atoms with Crippen LogP contribution in [0.3, 0.4) is 0 Å². The number of hydrazine groups is 1. The Kier molecular flexibility index (Phi) is 9.10. The topological polar surface area (TPSA) is 141 Å². The molecule has 0 aliphatic rings. The van der Waals surface area contributed by atoms with Gasteiger partial charge in [0.15, 0.2) is 5.69 Å². The van der Waals surface area contributed by atoms with E-state index in [4.69, 9.17) is 15.4 Å². The van der Waals surface area contributed by atoms with Gasteiger partial charge in [0.05, 0.1) is 15.4 Å². The van der Waals surface area contributed by atoms with E-state index in [9.17, 15) is 4.79 Å². The van der Waals surface area contributed by atoms with E-state index >= 15 is 0 Å². The second kappa shape index (κ2) is 12.0. The first-order valence-electron chi connectivity index (χ1n) is 8.34. The molecule has 0 saturated heterocycles. The zero-order valence-corrected chi connectivity index (χ0v) is 17.3. The molecule has 0 bridgehead atoms. The fraction of sp³-hybridized carbons (Fsp3) is 0.0526. The van der Waals surface area contributed by atoms with Crippen molar-refractivity contribution in [3.63, 3.8) is 0 Å². The molecule has 9 nitrogen and oxygen atoms in total. The van der Waals surface area contributed by atoms with Crippen molar-refractivity contribution in [1.29, 1.82) is 0 Å². The van der Waals surface area contributed by atoms with E-state index in [0.29, 0.717) is 0 Å². The average molecular weight is 441 g/mol. The molecule has 2 aromatic heterocycles. The van der Waals surface area contributed by atoms with Gasteiger partial charge in [-0.2, -0.15) is 9.59 Å². The minimum absolute atomic E-state index is 0.250. The second-order valence-electron chi connectivity index (χ2n) is 5.43. The number of nitrogens with zero attached hydrogens (tertiary/aromatic N) is 4. The molecule has 4 aromatic rings. The minimum atomic E-state index is -0.428. The number of rotatable bonds is 3. The molecule has 0 spiro atoms. The van der Waals surface area contributed by atoms with Crippen molar-refractivity contribution in [2.45, 2.75) is 6.92 Å². The molecular weight excluding hydrogens is 424 g/mol. The number of nitrogens with one attached hydrogen (secondary N) is 1. The van der Waals surface area contributed by atoms with Crippen LogP contribution in [0, 0.1) is 6.92 Å². The fourth-order valence-electron chi connectivity index (χ4n) is 2.27. The summed E-state index contributed by atoms with van der Waals surface area (Å²) in [5.41, 5.74) is 5.41. The minimum Gasteiger partial charge on any atom is -0.289 e. The Balaban J connectivity index is 0.000000193. The molecule has 0 unspecified atom stereocenters. The van der Waals surface area contributed by atoms with E-state index < -0.39 is 5.91 Å². The van der Waals surface area contributed by atoms with Gasteiger partial charge >= 0.3 is 6.15 Å². The molecule has 2 aromatic carbocycles. The maximum absolute atomic E-state index is 11.3. The van der Waals surface area contributed by atoms with Crippen molar-refractivity contribution in [3.05, 3.63) is 72.1 Å². The molecule has 0 radical (unpaired) electrons. The monoisotopic (exact) mass is 440 g/mol. The van der Waals surface area contributed by atoms with Crippen molar-refractivity contribution in [1.82, 2.24) is 24.6 Å². The molecule has 0 atom stereocenters. The molecule has 3 N–H and O–H groups in total. The van der Waals surface area contributed by atoms with Crippen LogP contribution in [-0.4, -0.2) is 31.2 Å². The first-order chi connectivity index (χ1) is 14.6. The van der Waals surface area contributed by atoms with Crippen LogP contribution in [0.2, 0.25) is 0 Å². The number of carbonyl (C=O) groups excluding carboxylic acids is 3. The molecule has 11 heteroatoms. The van der Waals surface area contributed by atoms with Crippen molar-refractivity contribution in [2.75, 3.05) is 0 Å². The summed E-state index contributed by atoms with van der Waals surface area (Å²) in [6, 6.07) is 19.7. The quantitative estimate of drug-likeness (QED) is 0.281. The summed E-state index contributed by atoms with van der Waals surface area (Å²) in [7, 11) is 0. The Hall–Kier alpha value is -3.63. The highest BCUT2D eigenvalue weighted by Crippen LogP contribution is 2.25. The number of nitrogens with two attached hydrogens (primary N) is 1. The zero-order valence-electron chi connectivity index (χ0n) is 15.7. The fourth-order valence-corrected chi connectivity index (χ4v) is 3.60. The molecule has 0 aliphatic carbocycles. The summed E-state index contributed by atoms with van der Waals surface area (Å²) in [5.74, 6) is 4.62. The lowest BCUT2D eigenvalue weighted by Gasteiger charge is -1.98. The Morgan fingerprint density at radius 2 is 1.33 bits per heavy atom. The van der Waals surface area contributed by atoms with Crippen LogP contribution in [0.5, 0.6) is 0 Å². The lowest BCUT2D eigenvalue weighted by Crippen LogP contribution is -2.30. The van der Waals surface area contributed by atoms with Crippen LogP contribution in [0.15, 0.2) is 60.7 Å². The van der Waals surface area contributed by atoms with E-state index in [0.717, 1.165) is 21.0 Å². The van der Waals surface area contributed by atoms with E-state index in [1.807, 2.05) is 60.9 Å². The third-order valence-corrected chi connectivity index (χ3v) is 5.21. The largest absolute Gasteiger partial charge is 0.373 e. The van der Waals surface area contributed by atoms with Gasteiger partial charge < -0.3 is 0 Å². The van der Waals surface area contributed by atoms with Gasteiger partial charge in [0.25, 0.3) is 5.91 Å². The third kappa shape index (κ3) is 6.19. The summed E-state index contributed by atoms with van der Waals surface area (Å²) in [5, 5.41) is 7.70. The van der Waals surface area contributed by atoms with E-state index in [2.05, 4.69) is 31.3 Å². The van der Waals surface area contributed by atoms with Crippen molar-refractivity contribution >= 4 is 35.1 Å². The average Bonchev–Trinajstić information content (AvgIpc) is 3.45. The molecule has 0 fully saturated rings. The molecule has 152 valence electrons. The number of nitrogen functional groups attached to an aromatic ring is 1. The maximum atomic E-state index is 11.3. The maximum Gasteiger partial charge on any atom is 0.373 e. The smallest absolute Gasteiger partial charge is 0.289 e. The molecule has 30 heavy (non-hydrogen) atoms. The molecule has 0 saturated carbocycles. The first-order valence-corrected chi connectivity index (χ1v) is 9.89. The number of benzene rings is 2. The SMILES string of the molecule is Cc1nnsc1-c1ccccc1.NNC(=O)c1nnsc1-c1ccccc1.O=C=O. The van der Waals surface area contributed by atoms with Crippen LogP contribution in [-0.2, 0) is 9.59 Å². The number of hydrogen-bond donors (Lipinski definition) is 2. The predicted octanol–water partition coefficient (Wildman–Crippen LogP) is 2.74. The van der Waals surface area contributed by atoms with E-state index in [1.165, 1.54) is 28.6 Å². The number of aryl methyl sites for hydroxylation is 1. The van der Waals surface area contributed by atoms with Gasteiger partial charge in [-0.1, -0.05) is 69.6 Å². The van der Waals surface area contributed by atoms with Gasteiger partial charge in [0, 0.05) is 0 Å². The lowest BCUT2D eigenvalue weighted by atomic mass is 10.1. The lowest BCUT2D eigenvalue weighted by molar-refractivity contribution is -0.191. The van der Waals surface area contributed by atoms with E-state index in [1.54, 1.807) is 0 Å². The Bertz CT molecular complexity index is 1090. The molecule has 4 rings (SSSR count). The summed E-state index contributed by atoms with van der Waals surface area (Å²) >= 11 is 2.61. The number of carbonyl (C=O) groups is 1. The first kappa shape index (κ1) is 22.7. The Morgan fingerprint density at radius 3 is 1.80 bits per heavy atom. The third-order valence-electron chi connectivity index (χ3n) is 3.56. The highest BCUT2D eigenvalue weighted by atomic mass is 32.1. The van der Waals surface area contributed by atoms with Gasteiger partial charge in [0.2, 0.25) is 0 Å². The van der Waals surface area contributed by atoms with Crippen LogP contribution in [0.1, 0.15) is 16.2 Å². The van der Waals surface area contributed by atoms with Crippen LogP contribution >= 0.6 is 23.1 Å². The normalized spacial score (nSPS) is 9.27.